The van der Waals surface area contributed by atoms with Crippen LogP contribution in [-0.2, 0) is 7.05 Å². The first-order chi connectivity index (χ1) is 15.4. The van der Waals surface area contributed by atoms with E-state index in [4.69, 9.17) is 12.2 Å². The Morgan fingerprint density at radius 1 is 1.09 bits per heavy atom. The maximum atomic E-state index is 13.4. The Morgan fingerprint density at radius 2 is 1.84 bits per heavy atom. The summed E-state index contributed by atoms with van der Waals surface area (Å²) in [6.07, 6.45) is 1.04. The first-order valence-electron chi connectivity index (χ1n) is 11.1. The Hall–Kier alpha value is -2.90. The molecule has 32 heavy (non-hydrogen) atoms. The molecule has 1 aromatic heterocycles. The molecule has 2 aliphatic rings. The number of aromatic nitrogens is 2. The molecule has 2 unspecified atom stereocenters. The first-order valence-corrected chi connectivity index (χ1v) is 11.5. The zero-order chi connectivity index (χ0) is 22.6. The van der Waals surface area contributed by atoms with Gasteiger partial charge in [0.2, 0.25) is 0 Å². The van der Waals surface area contributed by atoms with Crippen molar-refractivity contribution in [3.05, 3.63) is 75.7 Å². The largest absolute Gasteiger partial charge is 0.326 e. The fourth-order valence-electron chi connectivity index (χ4n) is 5.23. The molecule has 6 nitrogen and oxygen atoms in total. The summed E-state index contributed by atoms with van der Waals surface area (Å²) < 4.78 is 3.56. The number of thiocarbonyl (C=S) groups is 1. The molecule has 0 amide bonds. The SMILES string of the molecule is Cc1ccc2c(c1)C1CN(C)CCC1N2C(=S)Nc1c(C)n(C)n(-c2ccccc2)c1=O. The normalized spacial score (nSPS) is 20.2. The molecule has 1 fully saturated rings. The van der Waals surface area contributed by atoms with Crippen LogP contribution in [0.25, 0.3) is 5.69 Å². The third kappa shape index (κ3) is 3.27. The number of nitrogens with zero attached hydrogens (tertiary/aromatic N) is 4. The van der Waals surface area contributed by atoms with Gasteiger partial charge in [-0.05, 0) is 69.8 Å². The molecule has 2 aromatic carbocycles. The third-order valence-electron chi connectivity index (χ3n) is 6.96. The maximum Gasteiger partial charge on any atom is 0.295 e. The second-order valence-corrected chi connectivity index (χ2v) is 9.41. The zero-order valence-electron chi connectivity index (χ0n) is 19.0. The highest BCUT2D eigenvalue weighted by molar-refractivity contribution is 7.80. The molecule has 2 atom stereocenters. The number of anilines is 2. The summed E-state index contributed by atoms with van der Waals surface area (Å²) in [5.41, 5.74) is 5.91. The van der Waals surface area contributed by atoms with E-state index in [2.05, 4.69) is 47.3 Å². The fourth-order valence-corrected chi connectivity index (χ4v) is 5.56. The topological polar surface area (TPSA) is 45.4 Å². The van der Waals surface area contributed by atoms with Gasteiger partial charge in [-0.1, -0.05) is 35.9 Å². The van der Waals surface area contributed by atoms with Gasteiger partial charge in [0.05, 0.1) is 11.4 Å². The van der Waals surface area contributed by atoms with Crippen LogP contribution in [0.3, 0.4) is 0 Å². The van der Waals surface area contributed by atoms with Crippen LogP contribution in [0, 0.1) is 13.8 Å². The Labute approximate surface area is 194 Å². The number of para-hydroxylation sites is 1. The summed E-state index contributed by atoms with van der Waals surface area (Å²) in [5, 5.41) is 3.94. The Morgan fingerprint density at radius 3 is 2.59 bits per heavy atom. The molecule has 0 aliphatic carbocycles. The highest BCUT2D eigenvalue weighted by Crippen LogP contribution is 2.45. The van der Waals surface area contributed by atoms with Crippen molar-refractivity contribution in [2.24, 2.45) is 7.05 Å². The van der Waals surface area contributed by atoms with Crippen molar-refractivity contribution in [1.29, 1.82) is 0 Å². The van der Waals surface area contributed by atoms with Crippen LogP contribution in [0.1, 0.15) is 29.2 Å². The van der Waals surface area contributed by atoms with Gasteiger partial charge in [0, 0.05) is 31.2 Å². The minimum atomic E-state index is -0.0956. The molecule has 0 spiro atoms. The number of piperidine rings is 1. The van der Waals surface area contributed by atoms with E-state index >= 15 is 0 Å². The van der Waals surface area contributed by atoms with Gasteiger partial charge in [0.15, 0.2) is 5.11 Å². The van der Waals surface area contributed by atoms with E-state index in [1.165, 1.54) is 11.1 Å². The quantitative estimate of drug-likeness (QED) is 0.606. The second kappa shape index (κ2) is 7.90. The molecule has 7 heteroatoms. The summed E-state index contributed by atoms with van der Waals surface area (Å²) in [4.78, 5) is 18.0. The van der Waals surface area contributed by atoms with Crippen molar-refractivity contribution >= 4 is 28.7 Å². The number of benzene rings is 2. The van der Waals surface area contributed by atoms with Gasteiger partial charge in [-0.15, -0.1) is 0 Å². The molecular formula is C25H29N5OS. The highest BCUT2D eigenvalue weighted by atomic mass is 32.1. The van der Waals surface area contributed by atoms with Crippen molar-refractivity contribution in [3.63, 3.8) is 0 Å². The van der Waals surface area contributed by atoms with Gasteiger partial charge >= 0.3 is 0 Å². The van der Waals surface area contributed by atoms with Gasteiger partial charge in [-0.2, -0.15) is 0 Å². The molecule has 2 aliphatic heterocycles. The Balaban J connectivity index is 1.52. The van der Waals surface area contributed by atoms with Crippen molar-refractivity contribution in [2.45, 2.75) is 32.2 Å². The summed E-state index contributed by atoms with van der Waals surface area (Å²) in [6.45, 7) is 6.15. The van der Waals surface area contributed by atoms with Gasteiger partial charge in [0.1, 0.15) is 5.69 Å². The predicted octanol–water partition coefficient (Wildman–Crippen LogP) is 3.80. The molecule has 1 N–H and O–H groups in total. The zero-order valence-corrected chi connectivity index (χ0v) is 19.8. The van der Waals surface area contributed by atoms with Crippen LogP contribution in [-0.4, -0.2) is 45.6 Å². The van der Waals surface area contributed by atoms with Crippen LogP contribution in [0.15, 0.2) is 53.3 Å². The Bertz CT molecular complexity index is 1250. The van der Waals surface area contributed by atoms with E-state index < -0.39 is 0 Å². The number of aryl methyl sites for hydroxylation is 1. The minimum Gasteiger partial charge on any atom is -0.326 e. The summed E-state index contributed by atoms with van der Waals surface area (Å²) >= 11 is 5.93. The standard InChI is InChI=1S/C25H29N5OS/c1-16-10-11-21-19(14-16)20-15-27(3)13-12-22(20)29(21)25(32)26-23-17(2)28(4)30(24(23)31)18-8-6-5-7-9-18/h5-11,14,20,22H,12-13,15H2,1-4H3,(H,26,32). The summed E-state index contributed by atoms with van der Waals surface area (Å²) in [6, 6.07) is 16.6. The average Bonchev–Trinajstić information content (AvgIpc) is 3.20. The number of hydrogen-bond acceptors (Lipinski definition) is 3. The fraction of sp³-hybridized carbons (Fsp3) is 0.360. The second-order valence-electron chi connectivity index (χ2n) is 9.02. The number of nitrogens with one attached hydrogen (secondary N) is 1. The molecule has 0 saturated carbocycles. The number of likely N-dealkylation sites (N-methyl/N-ethyl adjacent to an activating group) is 1. The number of likely N-dealkylation sites (tertiary alicyclic amines) is 1. The Kier molecular flexibility index (Phi) is 5.18. The lowest BCUT2D eigenvalue weighted by atomic mass is 9.89. The van der Waals surface area contributed by atoms with Crippen LogP contribution in [0.2, 0.25) is 0 Å². The predicted molar refractivity (Wildman–Crippen MR) is 134 cm³/mol. The molecule has 5 rings (SSSR count). The molecule has 166 valence electrons. The number of hydrogen-bond donors (Lipinski definition) is 1. The summed E-state index contributed by atoms with van der Waals surface area (Å²) in [7, 11) is 4.09. The van der Waals surface area contributed by atoms with E-state index in [1.54, 1.807) is 4.68 Å². The number of fused-ring (bicyclic) bond motifs is 3. The van der Waals surface area contributed by atoms with E-state index in [9.17, 15) is 4.79 Å². The van der Waals surface area contributed by atoms with E-state index in [-0.39, 0.29) is 5.56 Å². The lowest BCUT2D eigenvalue weighted by Crippen LogP contribution is -2.48. The molecule has 0 radical (unpaired) electrons. The minimum absolute atomic E-state index is 0.0956. The van der Waals surface area contributed by atoms with E-state index in [1.807, 2.05) is 49.0 Å². The summed E-state index contributed by atoms with van der Waals surface area (Å²) in [5.74, 6) is 0.418. The highest BCUT2D eigenvalue weighted by Gasteiger charge is 2.43. The molecule has 1 saturated heterocycles. The van der Waals surface area contributed by atoms with E-state index in [0.29, 0.717) is 22.8 Å². The lowest BCUT2D eigenvalue weighted by Gasteiger charge is -2.37. The molecular weight excluding hydrogens is 418 g/mol. The third-order valence-corrected chi connectivity index (χ3v) is 7.26. The van der Waals surface area contributed by atoms with Crippen molar-refractivity contribution in [2.75, 3.05) is 30.4 Å². The van der Waals surface area contributed by atoms with Crippen LogP contribution >= 0.6 is 12.2 Å². The van der Waals surface area contributed by atoms with Crippen LogP contribution in [0.4, 0.5) is 11.4 Å². The smallest absolute Gasteiger partial charge is 0.295 e. The van der Waals surface area contributed by atoms with Gasteiger partial charge in [0.25, 0.3) is 5.56 Å². The first kappa shape index (κ1) is 21.0. The van der Waals surface area contributed by atoms with Crippen molar-refractivity contribution in [3.8, 4) is 5.69 Å². The average molecular weight is 448 g/mol. The van der Waals surface area contributed by atoms with Crippen LogP contribution < -0.4 is 15.8 Å². The monoisotopic (exact) mass is 447 g/mol. The molecule has 0 bridgehead atoms. The van der Waals surface area contributed by atoms with E-state index in [0.717, 1.165) is 36.6 Å². The molecule has 3 aromatic rings. The molecule has 3 heterocycles. The number of rotatable bonds is 2. The van der Waals surface area contributed by atoms with Gasteiger partial charge in [-0.3, -0.25) is 9.48 Å². The maximum absolute atomic E-state index is 13.4. The van der Waals surface area contributed by atoms with Gasteiger partial charge in [-0.25, -0.2) is 4.68 Å². The van der Waals surface area contributed by atoms with Crippen molar-refractivity contribution < 1.29 is 0 Å². The lowest BCUT2D eigenvalue weighted by molar-refractivity contribution is 0.237. The van der Waals surface area contributed by atoms with Crippen LogP contribution in [0.5, 0.6) is 0 Å². The van der Waals surface area contributed by atoms with Gasteiger partial charge < -0.3 is 15.1 Å². The van der Waals surface area contributed by atoms with Crippen molar-refractivity contribution in [1.82, 2.24) is 14.3 Å².